The molecule has 0 fully saturated rings. The van der Waals surface area contributed by atoms with E-state index in [4.69, 9.17) is 4.74 Å². The molecule has 2 N–H and O–H groups in total. The van der Waals surface area contributed by atoms with Crippen molar-refractivity contribution >= 4 is 0 Å². The van der Waals surface area contributed by atoms with Crippen molar-refractivity contribution in [3.63, 3.8) is 0 Å². The van der Waals surface area contributed by atoms with Crippen LogP contribution in [-0.4, -0.2) is 29.0 Å². The van der Waals surface area contributed by atoms with Crippen molar-refractivity contribution in [2.75, 3.05) is 7.11 Å². The number of methoxy groups -OCH3 is 1. The molecule has 0 amide bonds. The van der Waals surface area contributed by atoms with E-state index in [2.05, 4.69) is 0 Å². The highest BCUT2D eigenvalue weighted by Crippen LogP contribution is 2.27. The fourth-order valence-corrected chi connectivity index (χ4v) is 1.18. The van der Waals surface area contributed by atoms with E-state index in [0.717, 1.165) is 6.42 Å². The first-order valence-corrected chi connectivity index (χ1v) is 3.72. The van der Waals surface area contributed by atoms with E-state index >= 15 is 0 Å². The van der Waals surface area contributed by atoms with E-state index in [1.807, 2.05) is 0 Å². The summed E-state index contributed by atoms with van der Waals surface area (Å²) < 4.78 is 5.01. The van der Waals surface area contributed by atoms with Crippen molar-refractivity contribution in [1.82, 2.24) is 0 Å². The standard InChI is InChI=1S/C8H14O3/c1-8(10)4-3-6(11-2)5-7(8)9/h5-6,9-10H,3-4H2,1-2H3. The van der Waals surface area contributed by atoms with Crippen LogP contribution >= 0.6 is 0 Å². The Morgan fingerprint density at radius 2 is 2.36 bits per heavy atom. The zero-order chi connectivity index (χ0) is 8.48. The summed E-state index contributed by atoms with van der Waals surface area (Å²) >= 11 is 0. The minimum Gasteiger partial charge on any atom is -0.509 e. The van der Waals surface area contributed by atoms with Crippen LogP contribution in [0.25, 0.3) is 0 Å². The maximum atomic E-state index is 9.48. The molecule has 0 saturated carbocycles. The molecule has 3 heteroatoms. The third-order valence-corrected chi connectivity index (χ3v) is 2.11. The number of hydrogen-bond donors (Lipinski definition) is 2. The molecule has 2 atom stereocenters. The van der Waals surface area contributed by atoms with Gasteiger partial charge in [-0.3, -0.25) is 0 Å². The number of aliphatic hydroxyl groups excluding tert-OH is 1. The Hall–Kier alpha value is -0.540. The van der Waals surface area contributed by atoms with Gasteiger partial charge in [0.15, 0.2) is 0 Å². The van der Waals surface area contributed by atoms with Crippen molar-refractivity contribution in [1.29, 1.82) is 0 Å². The van der Waals surface area contributed by atoms with Crippen LogP contribution < -0.4 is 0 Å². The van der Waals surface area contributed by atoms with Gasteiger partial charge in [-0.2, -0.15) is 0 Å². The fourth-order valence-electron chi connectivity index (χ4n) is 1.18. The molecule has 0 aromatic rings. The lowest BCUT2D eigenvalue weighted by Crippen LogP contribution is -2.33. The normalized spacial score (nSPS) is 38.5. The molecule has 0 bridgehead atoms. The molecule has 11 heavy (non-hydrogen) atoms. The lowest BCUT2D eigenvalue weighted by molar-refractivity contribution is 0.00866. The number of ether oxygens (including phenoxy) is 1. The second-order valence-electron chi connectivity index (χ2n) is 3.14. The summed E-state index contributed by atoms with van der Waals surface area (Å²) in [6.07, 6.45) is 2.82. The second kappa shape index (κ2) is 2.83. The van der Waals surface area contributed by atoms with Crippen molar-refractivity contribution < 1.29 is 14.9 Å². The molecule has 0 radical (unpaired) electrons. The monoisotopic (exact) mass is 158 g/mol. The van der Waals surface area contributed by atoms with Crippen LogP contribution in [0.1, 0.15) is 19.8 Å². The molecule has 3 nitrogen and oxygen atoms in total. The molecule has 0 aromatic heterocycles. The lowest BCUT2D eigenvalue weighted by Gasteiger charge is -2.29. The molecule has 1 rings (SSSR count). The van der Waals surface area contributed by atoms with E-state index in [1.54, 1.807) is 20.1 Å². The van der Waals surface area contributed by atoms with E-state index in [9.17, 15) is 10.2 Å². The van der Waals surface area contributed by atoms with Crippen LogP contribution in [0, 0.1) is 0 Å². The summed E-state index contributed by atoms with van der Waals surface area (Å²) in [4.78, 5) is 0. The molecule has 0 heterocycles. The molecule has 1 aliphatic rings. The fraction of sp³-hybridized carbons (Fsp3) is 0.750. The Balaban J connectivity index is 2.72. The quantitative estimate of drug-likeness (QED) is 0.598. The third kappa shape index (κ3) is 1.73. The zero-order valence-corrected chi connectivity index (χ0v) is 6.87. The average molecular weight is 158 g/mol. The highest BCUT2D eigenvalue weighted by molar-refractivity contribution is 5.13. The SMILES string of the molecule is COC1C=C(O)C(C)(O)CC1. The Morgan fingerprint density at radius 3 is 2.82 bits per heavy atom. The molecule has 0 aliphatic heterocycles. The van der Waals surface area contributed by atoms with Crippen LogP contribution in [0.2, 0.25) is 0 Å². The van der Waals surface area contributed by atoms with Gasteiger partial charge in [-0.25, -0.2) is 0 Å². The Kier molecular flexibility index (Phi) is 2.20. The molecule has 0 saturated heterocycles. The van der Waals surface area contributed by atoms with Crippen LogP contribution in [0.4, 0.5) is 0 Å². The minimum absolute atomic E-state index is 0.0237. The first kappa shape index (κ1) is 8.56. The van der Waals surface area contributed by atoms with Gasteiger partial charge in [0.05, 0.1) is 6.10 Å². The highest BCUT2D eigenvalue weighted by Gasteiger charge is 2.31. The van der Waals surface area contributed by atoms with Gasteiger partial charge in [-0.1, -0.05) is 0 Å². The predicted octanol–water partition coefficient (Wildman–Crippen LogP) is 0.988. The van der Waals surface area contributed by atoms with Crippen molar-refractivity contribution in [3.05, 3.63) is 11.8 Å². The van der Waals surface area contributed by atoms with Crippen molar-refractivity contribution in [2.45, 2.75) is 31.5 Å². The van der Waals surface area contributed by atoms with E-state index in [-0.39, 0.29) is 11.9 Å². The molecule has 1 aliphatic carbocycles. The van der Waals surface area contributed by atoms with Crippen LogP contribution in [0.15, 0.2) is 11.8 Å². The van der Waals surface area contributed by atoms with E-state index < -0.39 is 5.60 Å². The van der Waals surface area contributed by atoms with Gasteiger partial charge in [0.2, 0.25) is 0 Å². The van der Waals surface area contributed by atoms with Crippen molar-refractivity contribution in [3.8, 4) is 0 Å². The van der Waals surface area contributed by atoms with Gasteiger partial charge in [0.1, 0.15) is 11.4 Å². The zero-order valence-electron chi connectivity index (χ0n) is 6.87. The Morgan fingerprint density at radius 1 is 1.73 bits per heavy atom. The first-order chi connectivity index (χ1) is 5.06. The average Bonchev–Trinajstić information content (AvgIpc) is 1.95. The van der Waals surface area contributed by atoms with Gasteiger partial charge >= 0.3 is 0 Å². The topological polar surface area (TPSA) is 49.7 Å². The predicted molar refractivity (Wildman–Crippen MR) is 41.4 cm³/mol. The summed E-state index contributed by atoms with van der Waals surface area (Å²) in [5, 5.41) is 18.8. The van der Waals surface area contributed by atoms with Gasteiger partial charge in [0, 0.05) is 7.11 Å². The Labute approximate surface area is 66.3 Å². The first-order valence-electron chi connectivity index (χ1n) is 3.72. The number of rotatable bonds is 1. The third-order valence-electron chi connectivity index (χ3n) is 2.11. The summed E-state index contributed by atoms with van der Waals surface area (Å²) in [5.41, 5.74) is -1.05. The molecule has 64 valence electrons. The minimum atomic E-state index is -1.05. The number of aliphatic hydroxyl groups is 2. The maximum Gasteiger partial charge on any atom is 0.122 e. The highest BCUT2D eigenvalue weighted by atomic mass is 16.5. The van der Waals surface area contributed by atoms with Crippen LogP contribution in [-0.2, 0) is 4.74 Å². The van der Waals surface area contributed by atoms with Gasteiger partial charge in [0.25, 0.3) is 0 Å². The summed E-state index contributed by atoms with van der Waals surface area (Å²) in [5.74, 6) is 0.0237. The maximum absolute atomic E-state index is 9.48. The van der Waals surface area contributed by atoms with Crippen LogP contribution in [0.3, 0.4) is 0 Å². The molecular weight excluding hydrogens is 144 g/mol. The van der Waals surface area contributed by atoms with Crippen LogP contribution in [0.5, 0.6) is 0 Å². The Bertz CT molecular complexity index is 172. The second-order valence-corrected chi connectivity index (χ2v) is 3.14. The smallest absolute Gasteiger partial charge is 0.122 e. The van der Waals surface area contributed by atoms with Gasteiger partial charge in [-0.15, -0.1) is 0 Å². The van der Waals surface area contributed by atoms with Crippen molar-refractivity contribution in [2.24, 2.45) is 0 Å². The number of hydrogen-bond acceptors (Lipinski definition) is 3. The van der Waals surface area contributed by atoms with E-state index in [1.165, 1.54) is 0 Å². The summed E-state index contributed by atoms with van der Waals surface area (Å²) in [7, 11) is 1.59. The molecule has 0 aromatic carbocycles. The molecule has 2 unspecified atom stereocenters. The van der Waals surface area contributed by atoms with E-state index in [0.29, 0.717) is 6.42 Å². The molecule has 0 spiro atoms. The van der Waals surface area contributed by atoms with Gasteiger partial charge in [-0.05, 0) is 25.8 Å². The lowest BCUT2D eigenvalue weighted by atomic mass is 9.89. The largest absolute Gasteiger partial charge is 0.509 e. The van der Waals surface area contributed by atoms with Gasteiger partial charge < -0.3 is 14.9 Å². The summed E-state index contributed by atoms with van der Waals surface area (Å²) in [6, 6.07) is 0. The molecular formula is C8H14O3. The summed E-state index contributed by atoms with van der Waals surface area (Å²) in [6.45, 7) is 1.60.